The van der Waals surface area contributed by atoms with Gasteiger partial charge in [0, 0.05) is 73.7 Å². The minimum atomic E-state index is 0.102. The maximum absolute atomic E-state index is 2.50. The number of fused-ring (bicyclic) bond motifs is 5. The number of para-hydroxylation sites is 5. The van der Waals surface area contributed by atoms with Crippen LogP contribution in [-0.2, 0) is 5.41 Å². The van der Waals surface area contributed by atoms with Gasteiger partial charge in [0.15, 0.2) is 0 Å². The van der Waals surface area contributed by atoms with Crippen molar-refractivity contribution in [3.63, 3.8) is 0 Å². The second kappa shape index (κ2) is 21.6. The number of hydrogen-bond acceptors (Lipinski definition) is 4. The van der Waals surface area contributed by atoms with Crippen molar-refractivity contribution in [2.24, 2.45) is 0 Å². The van der Waals surface area contributed by atoms with Crippen LogP contribution in [0.4, 0.5) is 68.2 Å². The molecule has 1 saturated carbocycles. The molecular formula is C77H60N4. The lowest BCUT2D eigenvalue weighted by Gasteiger charge is -2.30. The van der Waals surface area contributed by atoms with Crippen molar-refractivity contribution < 1.29 is 0 Å². The molecule has 12 aromatic carbocycles. The zero-order valence-corrected chi connectivity index (χ0v) is 45.1. The number of nitrogens with zero attached hydrogens (tertiary/aromatic N) is 4. The van der Waals surface area contributed by atoms with Crippen molar-refractivity contribution in [3.05, 3.63) is 327 Å². The number of benzene rings is 12. The molecule has 14 rings (SSSR count). The Kier molecular flexibility index (Phi) is 13.1. The number of rotatable bonds is 14. The van der Waals surface area contributed by atoms with Crippen LogP contribution in [0.25, 0.3) is 33.4 Å². The summed E-state index contributed by atoms with van der Waals surface area (Å²) in [6, 6.07) is 114. The first-order chi connectivity index (χ1) is 40.1. The monoisotopic (exact) mass is 1040 g/mol. The molecule has 2 aliphatic rings. The van der Waals surface area contributed by atoms with Crippen LogP contribution in [0.3, 0.4) is 0 Å². The highest BCUT2D eigenvalue weighted by atomic mass is 15.2. The van der Waals surface area contributed by atoms with Crippen LogP contribution in [0.15, 0.2) is 315 Å². The Labute approximate surface area is 476 Å². The van der Waals surface area contributed by atoms with E-state index in [-0.39, 0.29) is 5.41 Å². The van der Waals surface area contributed by atoms with Gasteiger partial charge >= 0.3 is 0 Å². The van der Waals surface area contributed by atoms with E-state index in [4.69, 9.17) is 0 Å². The van der Waals surface area contributed by atoms with Crippen LogP contribution in [-0.4, -0.2) is 0 Å². The highest BCUT2D eigenvalue weighted by molar-refractivity contribution is 5.88. The molecule has 0 aromatic heterocycles. The Morgan fingerprint density at radius 3 is 0.753 bits per heavy atom. The highest BCUT2D eigenvalue weighted by Gasteiger charge is 2.45. The highest BCUT2D eigenvalue weighted by Crippen LogP contribution is 2.58. The molecule has 0 amide bonds. The first-order valence-electron chi connectivity index (χ1n) is 28.4. The molecule has 1 fully saturated rings. The van der Waals surface area contributed by atoms with E-state index in [0.717, 1.165) is 79.3 Å². The molecule has 0 saturated heterocycles. The Hall–Kier alpha value is -10.2. The molecule has 81 heavy (non-hydrogen) atoms. The molecule has 2 aliphatic carbocycles. The van der Waals surface area contributed by atoms with Crippen LogP contribution < -0.4 is 19.6 Å². The van der Waals surface area contributed by atoms with Gasteiger partial charge in [-0.3, -0.25) is 0 Å². The van der Waals surface area contributed by atoms with Crippen molar-refractivity contribution in [2.75, 3.05) is 19.6 Å². The Balaban J connectivity index is 0.731. The van der Waals surface area contributed by atoms with E-state index in [9.17, 15) is 0 Å². The van der Waals surface area contributed by atoms with Gasteiger partial charge in [0.2, 0.25) is 0 Å². The predicted octanol–water partition coefficient (Wildman–Crippen LogP) is 21.7. The van der Waals surface area contributed by atoms with E-state index < -0.39 is 0 Å². The van der Waals surface area contributed by atoms with Gasteiger partial charge in [0.25, 0.3) is 0 Å². The molecule has 0 radical (unpaired) electrons. The fourth-order valence-electron chi connectivity index (χ4n) is 12.7. The average Bonchev–Trinajstić information content (AvgIpc) is 4.30. The van der Waals surface area contributed by atoms with Gasteiger partial charge in [-0.15, -0.1) is 0 Å². The Morgan fingerprint density at radius 2 is 0.432 bits per heavy atom. The number of hydrogen-bond donors (Lipinski definition) is 0. The molecule has 4 nitrogen and oxygen atoms in total. The molecule has 4 heteroatoms. The van der Waals surface area contributed by atoms with Gasteiger partial charge in [-0.1, -0.05) is 183 Å². The zero-order chi connectivity index (χ0) is 54.0. The summed E-state index contributed by atoms with van der Waals surface area (Å²) in [6.07, 6.45) is 4.97. The molecule has 0 heterocycles. The molecule has 0 bridgehead atoms. The topological polar surface area (TPSA) is 13.0 Å². The molecular weight excluding hydrogens is 981 g/mol. The summed E-state index contributed by atoms with van der Waals surface area (Å²) in [6.45, 7) is 0. The second-order valence-electron chi connectivity index (χ2n) is 21.3. The van der Waals surface area contributed by atoms with Crippen molar-refractivity contribution in [1.82, 2.24) is 0 Å². The van der Waals surface area contributed by atoms with Crippen molar-refractivity contribution >= 4 is 68.2 Å². The fourth-order valence-corrected chi connectivity index (χ4v) is 12.7. The lowest BCUT2D eigenvalue weighted by Crippen LogP contribution is -2.21. The third kappa shape index (κ3) is 9.41. The smallest absolute Gasteiger partial charge is 0.0465 e. The molecule has 0 unspecified atom stereocenters. The number of anilines is 12. The van der Waals surface area contributed by atoms with E-state index in [1.165, 1.54) is 59.2 Å². The van der Waals surface area contributed by atoms with Crippen LogP contribution in [0.2, 0.25) is 0 Å². The van der Waals surface area contributed by atoms with Crippen molar-refractivity contribution in [1.29, 1.82) is 0 Å². The summed E-state index contributed by atoms with van der Waals surface area (Å²) in [7, 11) is 0. The fraction of sp³-hybridized carbons (Fsp3) is 0.0649. The first-order valence-corrected chi connectivity index (χ1v) is 28.4. The third-order valence-corrected chi connectivity index (χ3v) is 16.6. The van der Waals surface area contributed by atoms with Crippen molar-refractivity contribution in [3.8, 4) is 33.4 Å². The van der Waals surface area contributed by atoms with Gasteiger partial charge in [-0.25, -0.2) is 0 Å². The van der Waals surface area contributed by atoms with Crippen LogP contribution in [0.5, 0.6) is 0 Å². The summed E-state index contributed by atoms with van der Waals surface area (Å²) >= 11 is 0. The minimum absolute atomic E-state index is 0.102. The summed E-state index contributed by atoms with van der Waals surface area (Å²) in [4.78, 5) is 9.38. The maximum Gasteiger partial charge on any atom is 0.0465 e. The lowest BCUT2D eigenvalue weighted by molar-refractivity contribution is 0.550. The third-order valence-electron chi connectivity index (χ3n) is 16.6. The molecule has 0 aliphatic heterocycles. The van der Waals surface area contributed by atoms with E-state index in [1.54, 1.807) is 0 Å². The summed E-state index contributed by atoms with van der Waals surface area (Å²) in [5, 5.41) is 0. The first kappa shape index (κ1) is 49.2. The van der Waals surface area contributed by atoms with Gasteiger partial charge in [0.05, 0.1) is 0 Å². The quantitative estimate of drug-likeness (QED) is 0.108. The lowest BCUT2D eigenvalue weighted by atomic mass is 9.76. The van der Waals surface area contributed by atoms with Gasteiger partial charge in [-0.05, 0) is 203 Å². The van der Waals surface area contributed by atoms with Crippen molar-refractivity contribution in [2.45, 2.75) is 31.1 Å². The minimum Gasteiger partial charge on any atom is -0.311 e. The molecule has 0 N–H and O–H groups in total. The normalized spacial score (nSPS) is 12.8. The van der Waals surface area contributed by atoms with E-state index in [2.05, 4.69) is 335 Å². The standard InChI is InChI=1S/C77H60N4/c1-6-20-61(21-7-1)78(62-22-8-2-9-23-62)66-40-32-57(33-41-66)58-34-42-67(43-35-58)79(63-24-10-3-11-25-63)70-48-50-71(51-49-70)80(64-26-12-4-13-27-64)68-44-36-59(37-45-68)60-38-46-69(47-39-60)81(65-28-14-5-15-29-65)72-52-53-74-73-30-16-17-31-75(73)77(76(74)56-72)54-18-19-55-77/h1-17,20-53,56H,18-19,54-55H2. The summed E-state index contributed by atoms with van der Waals surface area (Å²) in [5.74, 6) is 0. The molecule has 0 atom stereocenters. The molecule has 1 spiro atoms. The predicted molar refractivity (Wildman–Crippen MR) is 341 cm³/mol. The maximum atomic E-state index is 2.50. The van der Waals surface area contributed by atoms with Crippen LogP contribution in [0, 0.1) is 0 Å². The summed E-state index contributed by atoms with van der Waals surface area (Å²) in [5.41, 5.74) is 23.9. The van der Waals surface area contributed by atoms with Gasteiger partial charge in [-0.2, -0.15) is 0 Å². The van der Waals surface area contributed by atoms with E-state index >= 15 is 0 Å². The Morgan fingerprint density at radius 1 is 0.198 bits per heavy atom. The zero-order valence-electron chi connectivity index (χ0n) is 45.1. The van der Waals surface area contributed by atoms with E-state index in [0.29, 0.717) is 0 Å². The largest absolute Gasteiger partial charge is 0.311 e. The molecule has 388 valence electrons. The summed E-state index contributed by atoms with van der Waals surface area (Å²) < 4.78 is 0. The van der Waals surface area contributed by atoms with E-state index in [1.807, 2.05) is 0 Å². The average molecular weight is 1040 g/mol. The second-order valence-corrected chi connectivity index (χ2v) is 21.3. The van der Waals surface area contributed by atoms with Gasteiger partial charge < -0.3 is 19.6 Å². The van der Waals surface area contributed by atoms with Gasteiger partial charge in [0.1, 0.15) is 0 Å². The molecule has 12 aromatic rings. The Bertz CT molecular complexity index is 4010. The van der Waals surface area contributed by atoms with Crippen LogP contribution in [0.1, 0.15) is 36.8 Å². The SMILES string of the molecule is c1ccc(N(c2ccccc2)c2ccc(-c3ccc(N(c4ccccc4)c4ccc(N(c5ccccc5)c5ccc(-c6ccc(N(c7ccccc7)c7ccc8c(c7)C7(CCCC7)c7ccccc7-8)cc6)cc5)cc4)cc3)cc2)cc1. The van der Waals surface area contributed by atoms with Crippen LogP contribution >= 0.6 is 0 Å².